The number of aromatic nitrogens is 1. The van der Waals surface area contributed by atoms with Crippen LogP contribution in [-0.4, -0.2) is 56.0 Å². The Labute approximate surface area is 190 Å². The van der Waals surface area contributed by atoms with E-state index in [0.29, 0.717) is 31.0 Å². The second kappa shape index (κ2) is 8.37. The smallest absolute Gasteiger partial charge is 0.180 e. The maximum atomic E-state index is 12.9. The van der Waals surface area contributed by atoms with Crippen molar-refractivity contribution in [2.75, 3.05) is 41.7 Å². The summed E-state index contributed by atoms with van der Waals surface area (Å²) >= 11 is 0. The highest BCUT2D eigenvalue weighted by molar-refractivity contribution is 7.95. The van der Waals surface area contributed by atoms with Crippen molar-refractivity contribution >= 4 is 32.2 Å². The molecule has 0 spiro atoms. The average molecular weight is 454 g/mol. The van der Waals surface area contributed by atoms with Crippen molar-refractivity contribution in [3.63, 3.8) is 0 Å². The first kappa shape index (κ1) is 22.6. The van der Waals surface area contributed by atoms with Gasteiger partial charge in [-0.25, -0.2) is 13.4 Å². The van der Waals surface area contributed by atoms with Crippen LogP contribution >= 0.6 is 0 Å². The van der Waals surface area contributed by atoms with E-state index in [2.05, 4.69) is 24.5 Å². The highest BCUT2D eigenvalue weighted by atomic mass is 32.2. The third-order valence-electron chi connectivity index (χ3n) is 6.31. The van der Waals surface area contributed by atoms with Crippen molar-refractivity contribution in [1.82, 2.24) is 4.98 Å². The summed E-state index contributed by atoms with van der Waals surface area (Å²) in [6.07, 6.45) is 5.68. The highest BCUT2D eigenvalue weighted by Gasteiger charge is 2.33. The van der Waals surface area contributed by atoms with Gasteiger partial charge < -0.3 is 14.9 Å². The minimum absolute atomic E-state index is 0.0192. The van der Waals surface area contributed by atoms with E-state index < -0.39 is 15.4 Å². The van der Waals surface area contributed by atoms with Crippen LogP contribution in [0.2, 0.25) is 0 Å². The van der Waals surface area contributed by atoms with Gasteiger partial charge in [0, 0.05) is 43.3 Å². The maximum absolute atomic E-state index is 12.9. The molecule has 0 bridgehead atoms. The summed E-state index contributed by atoms with van der Waals surface area (Å²) in [5.41, 5.74) is 3.07. The molecule has 2 aliphatic rings. The van der Waals surface area contributed by atoms with Crippen molar-refractivity contribution in [3.8, 4) is 0 Å². The molecule has 1 N–H and O–H groups in total. The van der Waals surface area contributed by atoms with Crippen LogP contribution in [0.1, 0.15) is 25.8 Å². The summed E-state index contributed by atoms with van der Waals surface area (Å²) in [5, 5.41) is 11.6. The number of nitrogens with zero attached hydrogens (tertiary/aromatic N) is 3. The molecule has 3 heterocycles. The molecular weight excluding hydrogens is 422 g/mol. The molecule has 1 unspecified atom stereocenters. The largest absolute Gasteiger partial charge is 0.388 e. The predicted octanol–water partition coefficient (Wildman–Crippen LogP) is 3.76. The SMILES string of the molecule is C=C/C=C1\C(=C/C)CN(c2cc(N3CCC(C)(O)C3)c3cc(C)ccc3n2)CCS1(=O)=O. The third kappa shape index (κ3) is 4.32. The van der Waals surface area contributed by atoms with Crippen molar-refractivity contribution in [2.24, 2.45) is 0 Å². The third-order valence-corrected chi connectivity index (χ3v) is 8.09. The second-order valence-electron chi connectivity index (χ2n) is 9.01. The Bertz CT molecular complexity index is 1230. The Kier molecular flexibility index (Phi) is 5.90. The lowest BCUT2D eigenvalue weighted by Gasteiger charge is -2.27. The van der Waals surface area contributed by atoms with Gasteiger partial charge in [-0.1, -0.05) is 30.4 Å². The van der Waals surface area contributed by atoms with E-state index in [1.54, 1.807) is 6.08 Å². The number of allylic oxidation sites excluding steroid dienone is 3. The lowest BCUT2D eigenvalue weighted by atomic mass is 10.1. The van der Waals surface area contributed by atoms with Gasteiger partial charge in [0.1, 0.15) is 5.82 Å². The van der Waals surface area contributed by atoms with Gasteiger partial charge in [-0.3, -0.25) is 0 Å². The van der Waals surface area contributed by atoms with Gasteiger partial charge in [0.05, 0.1) is 21.8 Å². The first-order chi connectivity index (χ1) is 15.1. The first-order valence-corrected chi connectivity index (χ1v) is 12.6. The molecular formula is C25H31N3O3S. The molecule has 4 rings (SSSR count). The van der Waals surface area contributed by atoms with Crippen LogP contribution < -0.4 is 9.80 Å². The molecule has 0 aliphatic carbocycles. The molecule has 2 aliphatic heterocycles. The van der Waals surface area contributed by atoms with E-state index in [4.69, 9.17) is 4.98 Å². The molecule has 1 atom stereocenters. The van der Waals surface area contributed by atoms with Crippen molar-refractivity contribution in [2.45, 2.75) is 32.8 Å². The Morgan fingerprint density at radius 3 is 2.66 bits per heavy atom. The molecule has 170 valence electrons. The fourth-order valence-electron chi connectivity index (χ4n) is 4.53. The van der Waals surface area contributed by atoms with Crippen LogP contribution in [0.3, 0.4) is 0 Å². The summed E-state index contributed by atoms with van der Waals surface area (Å²) < 4.78 is 25.8. The van der Waals surface area contributed by atoms with Gasteiger partial charge in [0.15, 0.2) is 9.84 Å². The van der Waals surface area contributed by atoms with Gasteiger partial charge >= 0.3 is 0 Å². The average Bonchev–Trinajstić information content (AvgIpc) is 3.05. The number of sulfone groups is 1. The van der Waals surface area contributed by atoms with Crippen molar-refractivity contribution in [1.29, 1.82) is 0 Å². The van der Waals surface area contributed by atoms with Gasteiger partial charge in [-0.05, 0) is 51.0 Å². The molecule has 2 saturated heterocycles. The normalized spacial score (nSPS) is 26.1. The fraction of sp³-hybridized carbons (Fsp3) is 0.400. The molecule has 0 saturated carbocycles. The zero-order chi connectivity index (χ0) is 23.1. The Balaban J connectivity index is 1.82. The zero-order valence-electron chi connectivity index (χ0n) is 19.0. The number of anilines is 2. The van der Waals surface area contributed by atoms with E-state index in [0.717, 1.165) is 40.1 Å². The molecule has 0 amide bonds. The number of hydrogen-bond donors (Lipinski definition) is 1. The minimum atomic E-state index is -3.40. The standard InChI is InChI=1S/C25H31N3O3S/c1-5-7-23-19(6-2)16-27(12-13-32(23,30)31)24-15-22(28-11-10-25(4,29)17-28)20-14-18(3)8-9-21(20)26-24/h5-9,14-15,29H,1,10-13,16-17H2,2-4H3/b19-6-,23-7+. The van der Waals surface area contributed by atoms with E-state index in [1.807, 2.05) is 43.0 Å². The number of aryl methyl sites for hydroxylation is 1. The number of β-amino-alcohol motifs (C(OH)–C–C–N with tert-alkyl or cyclic N) is 1. The van der Waals surface area contributed by atoms with Crippen LogP contribution in [0.15, 0.2) is 59.6 Å². The van der Waals surface area contributed by atoms with Crippen LogP contribution in [0.5, 0.6) is 0 Å². The predicted molar refractivity (Wildman–Crippen MR) is 132 cm³/mol. The van der Waals surface area contributed by atoms with Crippen LogP contribution in [0.4, 0.5) is 11.5 Å². The van der Waals surface area contributed by atoms with Crippen LogP contribution in [-0.2, 0) is 9.84 Å². The van der Waals surface area contributed by atoms with E-state index in [-0.39, 0.29) is 5.75 Å². The molecule has 32 heavy (non-hydrogen) atoms. The Hall–Kier alpha value is -2.64. The van der Waals surface area contributed by atoms with Gasteiger partial charge in [-0.15, -0.1) is 0 Å². The van der Waals surface area contributed by atoms with Crippen molar-refractivity contribution in [3.05, 3.63) is 65.1 Å². The topological polar surface area (TPSA) is 73.7 Å². The van der Waals surface area contributed by atoms with E-state index >= 15 is 0 Å². The lowest BCUT2D eigenvalue weighted by molar-refractivity contribution is 0.0839. The molecule has 0 radical (unpaired) electrons. The number of fused-ring (bicyclic) bond motifs is 1. The van der Waals surface area contributed by atoms with E-state index in [1.165, 1.54) is 6.08 Å². The van der Waals surface area contributed by atoms with Gasteiger partial charge in [0.25, 0.3) is 0 Å². The lowest BCUT2D eigenvalue weighted by Crippen LogP contribution is -2.31. The van der Waals surface area contributed by atoms with E-state index in [9.17, 15) is 13.5 Å². The Morgan fingerprint density at radius 2 is 2.00 bits per heavy atom. The maximum Gasteiger partial charge on any atom is 0.180 e. The Morgan fingerprint density at radius 1 is 1.22 bits per heavy atom. The number of aliphatic hydroxyl groups is 1. The van der Waals surface area contributed by atoms with Crippen LogP contribution in [0.25, 0.3) is 10.9 Å². The zero-order valence-corrected chi connectivity index (χ0v) is 19.8. The summed E-state index contributed by atoms with van der Waals surface area (Å²) in [5.74, 6) is 0.767. The number of benzene rings is 1. The van der Waals surface area contributed by atoms with Gasteiger partial charge in [0.2, 0.25) is 0 Å². The summed E-state index contributed by atoms with van der Waals surface area (Å²) in [6.45, 7) is 11.6. The summed E-state index contributed by atoms with van der Waals surface area (Å²) in [7, 11) is -3.40. The quantitative estimate of drug-likeness (QED) is 0.763. The van der Waals surface area contributed by atoms with Crippen molar-refractivity contribution < 1.29 is 13.5 Å². The van der Waals surface area contributed by atoms with Crippen LogP contribution in [0, 0.1) is 6.92 Å². The molecule has 6 nitrogen and oxygen atoms in total. The number of pyridine rings is 1. The molecule has 2 aromatic rings. The summed E-state index contributed by atoms with van der Waals surface area (Å²) in [4.78, 5) is 9.50. The number of hydrogen-bond acceptors (Lipinski definition) is 6. The minimum Gasteiger partial charge on any atom is -0.388 e. The second-order valence-corrected chi connectivity index (χ2v) is 11.1. The molecule has 2 fully saturated rings. The van der Waals surface area contributed by atoms with Gasteiger partial charge in [-0.2, -0.15) is 0 Å². The summed E-state index contributed by atoms with van der Waals surface area (Å²) in [6, 6.07) is 8.23. The monoisotopic (exact) mass is 453 g/mol. The molecule has 7 heteroatoms. The number of rotatable bonds is 3. The fourth-order valence-corrected chi connectivity index (χ4v) is 6.10. The highest BCUT2D eigenvalue weighted by Crippen LogP contribution is 2.36. The first-order valence-electron chi connectivity index (χ1n) is 11.0. The molecule has 1 aromatic heterocycles. The molecule has 1 aromatic carbocycles.